The maximum atomic E-state index is 6.17. The summed E-state index contributed by atoms with van der Waals surface area (Å²) >= 11 is 0. The Kier molecular flexibility index (Phi) is 3.89. The molecule has 1 aromatic rings. The summed E-state index contributed by atoms with van der Waals surface area (Å²) in [7, 11) is 0. The van der Waals surface area contributed by atoms with Crippen molar-refractivity contribution in [2.24, 2.45) is 11.7 Å². The molecule has 3 heteroatoms. The molecule has 0 aromatic heterocycles. The van der Waals surface area contributed by atoms with Gasteiger partial charge in [0.15, 0.2) is 11.5 Å². The fourth-order valence-electron chi connectivity index (χ4n) is 2.05. The molecule has 0 saturated heterocycles. The number of rotatable bonds is 3. The molecule has 1 aliphatic heterocycles. The van der Waals surface area contributed by atoms with E-state index < -0.39 is 0 Å². The molecule has 0 radical (unpaired) electrons. The van der Waals surface area contributed by atoms with Crippen LogP contribution in [-0.4, -0.2) is 13.2 Å². The summed E-state index contributed by atoms with van der Waals surface area (Å²) in [6.45, 7) is 5.81. The Bertz CT molecular complexity index is 376. The van der Waals surface area contributed by atoms with E-state index in [1.54, 1.807) is 0 Å². The Morgan fingerprint density at radius 1 is 1.18 bits per heavy atom. The first kappa shape index (κ1) is 12.2. The van der Waals surface area contributed by atoms with Crippen LogP contribution in [0.15, 0.2) is 18.2 Å². The predicted octanol–water partition coefficient (Wildman–Crippen LogP) is 2.89. The monoisotopic (exact) mass is 235 g/mol. The third kappa shape index (κ3) is 3.13. The number of ether oxygens (including phenoxy) is 2. The summed E-state index contributed by atoms with van der Waals surface area (Å²) < 4.78 is 11.3. The van der Waals surface area contributed by atoms with Crippen LogP contribution in [-0.2, 0) is 0 Å². The fourth-order valence-corrected chi connectivity index (χ4v) is 2.05. The third-order valence-corrected chi connectivity index (χ3v) is 2.93. The van der Waals surface area contributed by atoms with Gasteiger partial charge >= 0.3 is 0 Å². The first-order valence-electron chi connectivity index (χ1n) is 6.32. The molecule has 0 aliphatic carbocycles. The lowest BCUT2D eigenvalue weighted by atomic mass is 9.97. The lowest BCUT2D eigenvalue weighted by Crippen LogP contribution is -2.13. The highest BCUT2D eigenvalue weighted by molar-refractivity contribution is 5.44. The van der Waals surface area contributed by atoms with Crippen molar-refractivity contribution in [3.05, 3.63) is 23.8 Å². The Morgan fingerprint density at radius 2 is 1.88 bits per heavy atom. The van der Waals surface area contributed by atoms with Crippen molar-refractivity contribution >= 4 is 0 Å². The molecule has 1 heterocycles. The van der Waals surface area contributed by atoms with E-state index in [2.05, 4.69) is 13.8 Å². The quantitative estimate of drug-likeness (QED) is 0.876. The van der Waals surface area contributed by atoms with Crippen LogP contribution in [0.1, 0.15) is 38.3 Å². The molecule has 0 bridgehead atoms. The van der Waals surface area contributed by atoms with Crippen molar-refractivity contribution in [1.29, 1.82) is 0 Å². The van der Waals surface area contributed by atoms with E-state index in [1.807, 2.05) is 18.2 Å². The van der Waals surface area contributed by atoms with E-state index in [0.29, 0.717) is 5.92 Å². The maximum absolute atomic E-state index is 6.17. The molecule has 17 heavy (non-hydrogen) atoms. The summed E-state index contributed by atoms with van der Waals surface area (Å²) in [4.78, 5) is 0. The molecule has 2 N–H and O–H groups in total. The van der Waals surface area contributed by atoms with E-state index in [9.17, 15) is 0 Å². The lowest BCUT2D eigenvalue weighted by molar-refractivity contribution is 0.297. The molecule has 1 aromatic carbocycles. The van der Waals surface area contributed by atoms with Crippen molar-refractivity contribution in [3.63, 3.8) is 0 Å². The van der Waals surface area contributed by atoms with Crippen LogP contribution in [0.3, 0.4) is 0 Å². The molecule has 0 fully saturated rings. The number of benzene rings is 1. The Balaban J connectivity index is 2.17. The molecule has 1 aliphatic rings. The SMILES string of the molecule is CC(C)CC(N)c1ccc2c(c1)OCCCO2. The van der Waals surface area contributed by atoms with Crippen molar-refractivity contribution in [2.45, 2.75) is 32.7 Å². The second-order valence-corrected chi connectivity index (χ2v) is 4.99. The van der Waals surface area contributed by atoms with Gasteiger partial charge in [-0.05, 0) is 30.0 Å². The number of hydrogen-bond donors (Lipinski definition) is 1. The molecule has 1 atom stereocenters. The topological polar surface area (TPSA) is 44.5 Å². The van der Waals surface area contributed by atoms with Gasteiger partial charge in [-0.1, -0.05) is 19.9 Å². The highest BCUT2D eigenvalue weighted by Crippen LogP contribution is 2.32. The lowest BCUT2D eigenvalue weighted by Gasteiger charge is -2.16. The molecule has 2 rings (SSSR count). The Labute approximate surface area is 103 Å². The van der Waals surface area contributed by atoms with Gasteiger partial charge in [-0.15, -0.1) is 0 Å². The average molecular weight is 235 g/mol. The van der Waals surface area contributed by atoms with Gasteiger partial charge < -0.3 is 15.2 Å². The number of fused-ring (bicyclic) bond motifs is 1. The predicted molar refractivity (Wildman–Crippen MR) is 68.4 cm³/mol. The maximum Gasteiger partial charge on any atom is 0.161 e. The van der Waals surface area contributed by atoms with Gasteiger partial charge in [0.1, 0.15) is 0 Å². The van der Waals surface area contributed by atoms with Crippen molar-refractivity contribution < 1.29 is 9.47 Å². The molecular formula is C14H21NO2. The second kappa shape index (κ2) is 5.41. The summed E-state index contributed by atoms with van der Waals surface area (Å²) in [5.41, 5.74) is 7.30. The van der Waals surface area contributed by atoms with Gasteiger partial charge in [0.25, 0.3) is 0 Å². The fraction of sp³-hybridized carbons (Fsp3) is 0.571. The van der Waals surface area contributed by atoms with E-state index in [1.165, 1.54) is 0 Å². The summed E-state index contributed by atoms with van der Waals surface area (Å²) in [6, 6.07) is 6.11. The molecule has 0 saturated carbocycles. The van der Waals surface area contributed by atoms with Gasteiger partial charge in [0, 0.05) is 12.5 Å². The van der Waals surface area contributed by atoms with Gasteiger partial charge in [-0.2, -0.15) is 0 Å². The van der Waals surface area contributed by atoms with E-state index in [0.717, 1.165) is 43.1 Å². The minimum absolute atomic E-state index is 0.0761. The Hall–Kier alpha value is -1.22. The minimum atomic E-state index is 0.0761. The first-order chi connectivity index (χ1) is 8.16. The van der Waals surface area contributed by atoms with E-state index >= 15 is 0 Å². The minimum Gasteiger partial charge on any atom is -0.490 e. The van der Waals surface area contributed by atoms with Crippen LogP contribution in [0.4, 0.5) is 0 Å². The van der Waals surface area contributed by atoms with Crippen molar-refractivity contribution in [3.8, 4) is 11.5 Å². The van der Waals surface area contributed by atoms with Gasteiger partial charge in [-0.3, -0.25) is 0 Å². The summed E-state index contributed by atoms with van der Waals surface area (Å²) in [5, 5.41) is 0. The zero-order valence-electron chi connectivity index (χ0n) is 10.6. The van der Waals surface area contributed by atoms with Crippen LogP contribution in [0.5, 0.6) is 11.5 Å². The van der Waals surface area contributed by atoms with Crippen molar-refractivity contribution in [1.82, 2.24) is 0 Å². The molecule has 3 nitrogen and oxygen atoms in total. The van der Waals surface area contributed by atoms with Crippen LogP contribution < -0.4 is 15.2 Å². The van der Waals surface area contributed by atoms with E-state index in [4.69, 9.17) is 15.2 Å². The van der Waals surface area contributed by atoms with Crippen LogP contribution in [0.25, 0.3) is 0 Å². The van der Waals surface area contributed by atoms with Crippen LogP contribution >= 0.6 is 0 Å². The standard InChI is InChI=1S/C14H21NO2/c1-10(2)8-12(15)11-4-5-13-14(9-11)17-7-3-6-16-13/h4-5,9-10,12H,3,6-8,15H2,1-2H3. The zero-order valence-corrected chi connectivity index (χ0v) is 10.6. The van der Waals surface area contributed by atoms with Gasteiger partial charge in [0.2, 0.25) is 0 Å². The van der Waals surface area contributed by atoms with E-state index in [-0.39, 0.29) is 6.04 Å². The van der Waals surface area contributed by atoms with Gasteiger partial charge in [-0.25, -0.2) is 0 Å². The molecule has 0 spiro atoms. The number of hydrogen-bond acceptors (Lipinski definition) is 3. The molecular weight excluding hydrogens is 214 g/mol. The smallest absolute Gasteiger partial charge is 0.161 e. The molecule has 1 unspecified atom stereocenters. The molecule has 0 amide bonds. The molecule has 94 valence electrons. The highest BCUT2D eigenvalue weighted by atomic mass is 16.5. The average Bonchev–Trinajstić information content (AvgIpc) is 2.51. The second-order valence-electron chi connectivity index (χ2n) is 4.99. The van der Waals surface area contributed by atoms with Crippen LogP contribution in [0, 0.1) is 5.92 Å². The summed E-state index contributed by atoms with van der Waals surface area (Å²) in [6.07, 6.45) is 1.92. The van der Waals surface area contributed by atoms with Crippen LogP contribution in [0.2, 0.25) is 0 Å². The first-order valence-corrected chi connectivity index (χ1v) is 6.32. The normalized spacial score (nSPS) is 16.7. The zero-order chi connectivity index (χ0) is 12.3. The largest absolute Gasteiger partial charge is 0.490 e. The Morgan fingerprint density at radius 3 is 2.59 bits per heavy atom. The number of nitrogens with two attached hydrogens (primary N) is 1. The van der Waals surface area contributed by atoms with Crippen molar-refractivity contribution in [2.75, 3.05) is 13.2 Å². The summed E-state index contributed by atoms with van der Waals surface area (Å²) in [5.74, 6) is 2.27. The highest BCUT2D eigenvalue weighted by Gasteiger charge is 2.14. The third-order valence-electron chi connectivity index (χ3n) is 2.93. The van der Waals surface area contributed by atoms with Gasteiger partial charge in [0.05, 0.1) is 13.2 Å².